The summed E-state index contributed by atoms with van der Waals surface area (Å²) in [5.41, 5.74) is 0. The minimum Gasteiger partial charge on any atom is -0.480 e. The van der Waals surface area contributed by atoms with Crippen molar-refractivity contribution in [1.29, 1.82) is 0 Å². The highest BCUT2D eigenvalue weighted by Crippen LogP contribution is 2.32. The molecule has 130 valence electrons. The van der Waals surface area contributed by atoms with Gasteiger partial charge in [-0.1, -0.05) is 11.3 Å². The number of ether oxygens (including phenoxy) is 1. The zero-order valence-electron chi connectivity index (χ0n) is 13.4. The lowest BCUT2D eigenvalue weighted by atomic mass is 10.3. The van der Waals surface area contributed by atoms with Crippen LogP contribution in [0.25, 0.3) is 4.96 Å². The molecule has 0 amide bonds. The van der Waals surface area contributed by atoms with E-state index in [1.54, 1.807) is 31.1 Å². The summed E-state index contributed by atoms with van der Waals surface area (Å²) in [5, 5.41) is 13.3. The van der Waals surface area contributed by atoms with Crippen LogP contribution < -0.4 is 14.5 Å². The number of nitrogens with zero attached hydrogens (tertiary/aromatic N) is 7. The predicted molar refractivity (Wildman–Crippen MR) is 92.7 cm³/mol. The van der Waals surface area contributed by atoms with Crippen molar-refractivity contribution >= 4 is 33.8 Å². The topological polar surface area (TPSA) is 102 Å². The first-order valence-electron chi connectivity index (χ1n) is 7.63. The molecule has 3 aromatic heterocycles. The van der Waals surface area contributed by atoms with Crippen LogP contribution in [0, 0.1) is 10.1 Å². The van der Waals surface area contributed by atoms with Crippen LogP contribution in [0.5, 0.6) is 5.88 Å². The first-order valence-corrected chi connectivity index (χ1v) is 8.51. The maximum absolute atomic E-state index is 11.5. The van der Waals surface area contributed by atoms with Crippen LogP contribution in [-0.2, 0) is 0 Å². The first kappa shape index (κ1) is 15.6. The molecule has 25 heavy (non-hydrogen) atoms. The van der Waals surface area contributed by atoms with E-state index in [1.165, 1.54) is 15.7 Å². The van der Waals surface area contributed by atoms with Crippen LogP contribution in [0.2, 0.25) is 0 Å². The molecule has 0 saturated carbocycles. The molecule has 1 aliphatic rings. The van der Waals surface area contributed by atoms with Gasteiger partial charge in [0.2, 0.25) is 11.7 Å². The number of imidazole rings is 1. The summed E-state index contributed by atoms with van der Waals surface area (Å²) in [6.45, 7) is 2.57. The van der Waals surface area contributed by atoms with E-state index in [9.17, 15) is 10.1 Å². The van der Waals surface area contributed by atoms with Gasteiger partial charge >= 0.3 is 5.82 Å². The van der Waals surface area contributed by atoms with E-state index >= 15 is 0 Å². The number of anilines is 2. The third kappa shape index (κ3) is 2.71. The molecular weight excluding hydrogens is 346 g/mol. The fourth-order valence-corrected chi connectivity index (χ4v) is 3.58. The lowest BCUT2D eigenvalue weighted by Crippen LogP contribution is -2.47. The van der Waals surface area contributed by atoms with Crippen LogP contribution in [0.1, 0.15) is 0 Å². The van der Waals surface area contributed by atoms with Crippen molar-refractivity contribution in [3.8, 4) is 5.88 Å². The van der Waals surface area contributed by atoms with Gasteiger partial charge in [0.15, 0.2) is 5.82 Å². The minimum absolute atomic E-state index is 0.0193. The summed E-state index contributed by atoms with van der Waals surface area (Å²) in [5.74, 6) is 1.64. The minimum atomic E-state index is -0.373. The summed E-state index contributed by atoms with van der Waals surface area (Å²) in [4.78, 5) is 28.7. The van der Waals surface area contributed by atoms with Crippen molar-refractivity contribution in [1.82, 2.24) is 19.4 Å². The Hall–Kier alpha value is -2.95. The smallest absolute Gasteiger partial charge is 0.373 e. The van der Waals surface area contributed by atoms with Crippen molar-refractivity contribution in [2.45, 2.75) is 0 Å². The summed E-state index contributed by atoms with van der Waals surface area (Å²) < 4.78 is 6.63. The molecule has 3 aromatic rings. The van der Waals surface area contributed by atoms with Crippen molar-refractivity contribution < 1.29 is 9.66 Å². The molecule has 4 heterocycles. The number of nitro groups is 1. The fraction of sp³-hybridized carbons (Fsp3) is 0.357. The molecule has 0 unspecified atom stereocenters. The summed E-state index contributed by atoms with van der Waals surface area (Å²) in [6, 6.07) is 0. The molecule has 11 heteroatoms. The average molecular weight is 361 g/mol. The van der Waals surface area contributed by atoms with E-state index in [0.29, 0.717) is 42.8 Å². The Balaban J connectivity index is 1.55. The maximum Gasteiger partial charge on any atom is 0.373 e. The number of thiazole rings is 1. The van der Waals surface area contributed by atoms with Gasteiger partial charge in [-0.05, 0) is 4.92 Å². The van der Waals surface area contributed by atoms with Crippen molar-refractivity contribution in [3.05, 3.63) is 34.1 Å². The van der Waals surface area contributed by atoms with E-state index in [1.807, 2.05) is 4.90 Å². The van der Waals surface area contributed by atoms with Crippen LogP contribution in [0.15, 0.2) is 24.0 Å². The molecule has 10 nitrogen and oxygen atoms in total. The van der Waals surface area contributed by atoms with E-state index in [2.05, 4.69) is 19.9 Å². The van der Waals surface area contributed by atoms with Gasteiger partial charge in [0.05, 0.1) is 19.5 Å². The van der Waals surface area contributed by atoms with E-state index in [-0.39, 0.29) is 10.7 Å². The molecule has 0 bridgehead atoms. The number of methoxy groups -OCH3 is 1. The number of aromatic nitrogens is 4. The highest BCUT2D eigenvalue weighted by Gasteiger charge is 2.30. The number of hydrogen-bond donors (Lipinski definition) is 0. The molecule has 1 aliphatic heterocycles. The zero-order chi connectivity index (χ0) is 17.4. The van der Waals surface area contributed by atoms with E-state index in [0.717, 1.165) is 5.82 Å². The van der Waals surface area contributed by atoms with Crippen LogP contribution >= 0.6 is 11.3 Å². The lowest BCUT2D eigenvalue weighted by molar-refractivity contribution is -0.389. The maximum atomic E-state index is 11.5. The molecule has 0 aliphatic carbocycles. The normalized spacial score (nSPS) is 14.9. The SMILES string of the molecule is COc1cncc(N2CCN(c3nc4sccn4c3[N+](=O)[O-])CC2)n1. The van der Waals surface area contributed by atoms with Gasteiger partial charge in [-0.2, -0.15) is 14.4 Å². The van der Waals surface area contributed by atoms with Gasteiger partial charge < -0.3 is 24.7 Å². The first-order chi connectivity index (χ1) is 12.2. The molecule has 0 aromatic carbocycles. The third-order valence-corrected chi connectivity index (χ3v) is 4.86. The van der Waals surface area contributed by atoms with Crippen molar-refractivity contribution in [2.75, 3.05) is 43.1 Å². The summed E-state index contributed by atoms with van der Waals surface area (Å²) in [6.07, 6.45) is 4.92. The highest BCUT2D eigenvalue weighted by molar-refractivity contribution is 7.15. The van der Waals surface area contributed by atoms with Gasteiger partial charge in [-0.25, -0.2) is 0 Å². The van der Waals surface area contributed by atoms with Crippen molar-refractivity contribution in [3.63, 3.8) is 0 Å². The molecular formula is C14H15N7O3S. The Morgan fingerprint density at radius 1 is 1.20 bits per heavy atom. The molecule has 0 N–H and O–H groups in total. The monoisotopic (exact) mass is 361 g/mol. The fourth-order valence-electron chi connectivity index (χ4n) is 2.88. The Kier molecular flexibility index (Phi) is 3.84. The Bertz CT molecular complexity index is 916. The van der Waals surface area contributed by atoms with E-state index < -0.39 is 0 Å². The zero-order valence-corrected chi connectivity index (χ0v) is 14.2. The molecule has 0 spiro atoms. The standard InChI is InChI=1S/C14H15N7O3S/c1-24-11-9-15-8-10(16-11)18-2-4-19(5-3-18)12-13(21(22)23)20-6-7-25-14(20)17-12/h6-9H,2-5H2,1H3. The van der Waals surface area contributed by atoms with Crippen LogP contribution in [0.4, 0.5) is 17.5 Å². The van der Waals surface area contributed by atoms with E-state index in [4.69, 9.17) is 4.74 Å². The highest BCUT2D eigenvalue weighted by atomic mass is 32.1. The number of rotatable bonds is 4. The molecule has 1 fully saturated rings. The van der Waals surface area contributed by atoms with Gasteiger partial charge in [0.1, 0.15) is 6.20 Å². The number of hydrogen-bond acceptors (Lipinski definition) is 9. The van der Waals surface area contributed by atoms with Gasteiger partial charge in [-0.3, -0.25) is 4.98 Å². The quantitative estimate of drug-likeness (QED) is 0.508. The van der Waals surface area contributed by atoms with Gasteiger partial charge in [-0.15, -0.1) is 0 Å². The Labute approximate surface area is 146 Å². The second kappa shape index (κ2) is 6.16. The lowest BCUT2D eigenvalue weighted by Gasteiger charge is -2.35. The third-order valence-electron chi connectivity index (χ3n) is 4.10. The Morgan fingerprint density at radius 2 is 1.96 bits per heavy atom. The molecule has 0 atom stereocenters. The Morgan fingerprint density at radius 3 is 2.68 bits per heavy atom. The number of fused-ring (bicyclic) bond motifs is 1. The predicted octanol–water partition coefficient (Wildman–Crippen LogP) is 1.43. The largest absolute Gasteiger partial charge is 0.480 e. The second-order valence-corrected chi connectivity index (χ2v) is 6.34. The van der Waals surface area contributed by atoms with Gasteiger partial charge in [0.25, 0.3) is 4.96 Å². The van der Waals surface area contributed by atoms with Crippen LogP contribution in [-0.4, -0.2) is 57.6 Å². The summed E-state index contributed by atoms with van der Waals surface area (Å²) >= 11 is 1.38. The number of piperazine rings is 1. The average Bonchev–Trinajstić information content (AvgIpc) is 3.22. The second-order valence-electron chi connectivity index (χ2n) is 5.47. The molecule has 4 rings (SSSR count). The molecule has 0 radical (unpaired) electrons. The summed E-state index contributed by atoms with van der Waals surface area (Å²) in [7, 11) is 1.55. The van der Waals surface area contributed by atoms with Gasteiger partial charge in [0, 0.05) is 31.6 Å². The molecule has 1 saturated heterocycles. The van der Waals surface area contributed by atoms with Crippen molar-refractivity contribution in [2.24, 2.45) is 0 Å². The van der Waals surface area contributed by atoms with Crippen LogP contribution in [0.3, 0.4) is 0 Å².